The topological polar surface area (TPSA) is 104 Å². The van der Waals surface area contributed by atoms with Crippen molar-refractivity contribution in [2.24, 2.45) is 5.11 Å². The summed E-state index contributed by atoms with van der Waals surface area (Å²) >= 11 is 0. The van der Waals surface area contributed by atoms with Gasteiger partial charge in [0.2, 0.25) is 0 Å². The second kappa shape index (κ2) is 5.19. The Hall–Kier alpha value is -2.86. The number of benzene rings is 1. The Kier molecular flexibility index (Phi) is 3.44. The molecule has 0 aliphatic rings. The molecule has 0 amide bonds. The third kappa shape index (κ3) is 2.53. The van der Waals surface area contributed by atoms with Crippen LogP contribution in [0.3, 0.4) is 0 Å². The Morgan fingerprint density at radius 3 is 3.00 bits per heavy atom. The Bertz CT molecular complexity index is 675. The van der Waals surface area contributed by atoms with E-state index in [1.54, 1.807) is 0 Å². The van der Waals surface area contributed by atoms with Crippen molar-refractivity contribution in [3.63, 3.8) is 0 Å². The first-order chi connectivity index (χ1) is 9.13. The molecule has 0 radical (unpaired) electrons. The lowest BCUT2D eigenvalue weighted by atomic mass is 10.1. The minimum atomic E-state index is -1.16. The Labute approximate surface area is 106 Å². The molecule has 0 saturated carbocycles. The number of carboxylic acids is 1. The quantitative estimate of drug-likeness (QED) is 0.519. The van der Waals surface area contributed by atoms with Crippen LogP contribution in [0.2, 0.25) is 0 Å². The molecule has 7 nitrogen and oxygen atoms in total. The summed E-state index contributed by atoms with van der Waals surface area (Å²) in [7, 11) is 0. The van der Waals surface area contributed by atoms with Gasteiger partial charge in [0.05, 0.1) is 18.4 Å². The summed E-state index contributed by atoms with van der Waals surface area (Å²) in [5, 5.41) is 16.3. The lowest BCUT2D eigenvalue weighted by Crippen LogP contribution is -2.10. The predicted molar refractivity (Wildman–Crippen MR) is 63.3 cm³/mol. The van der Waals surface area contributed by atoms with Crippen molar-refractivity contribution >= 4 is 5.97 Å². The summed E-state index contributed by atoms with van der Waals surface area (Å²) in [6.07, 6.45) is 1.32. The fourth-order valence-corrected chi connectivity index (χ4v) is 1.65. The highest BCUT2D eigenvalue weighted by molar-refractivity contribution is 5.86. The van der Waals surface area contributed by atoms with Gasteiger partial charge in [0.15, 0.2) is 5.69 Å². The van der Waals surface area contributed by atoms with Crippen LogP contribution in [0.15, 0.2) is 35.6 Å². The number of carbonyl (C=O) groups is 1. The summed E-state index contributed by atoms with van der Waals surface area (Å²) in [6, 6.07) is 5.07. The number of aromatic nitrogens is 2. The maximum atomic E-state index is 13.2. The van der Waals surface area contributed by atoms with E-state index in [1.807, 2.05) is 0 Å². The minimum absolute atomic E-state index is 0.0613. The van der Waals surface area contributed by atoms with Gasteiger partial charge in [-0.05, 0) is 35.4 Å². The molecule has 0 aliphatic carbocycles. The number of hydrogen-bond acceptors (Lipinski definition) is 3. The van der Waals surface area contributed by atoms with E-state index in [9.17, 15) is 9.18 Å². The van der Waals surface area contributed by atoms with E-state index < -0.39 is 11.8 Å². The van der Waals surface area contributed by atoms with Crippen LogP contribution < -0.4 is 0 Å². The van der Waals surface area contributed by atoms with E-state index in [0.29, 0.717) is 11.3 Å². The van der Waals surface area contributed by atoms with Crippen molar-refractivity contribution in [1.29, 1.82) is 0 Å². The predicted octanol–water partition coefficient (Wildman–Crippen LogP) is 2.52. The van der Waals surface area contributed by atoms with E-state index in [0.717, 1.165) is 4.68 Å². The van der Waals surface area contributed by atoms with Gasteiger partial charge in [-0.3, -0.25) is 0 Å². The van der Waals surface area contributed by atoms with Gasteiger partial charge < -0.3 is 5.11 Å². The molecule has 0 bridgehead atoms. The standard InChI is InChI=1S/C11H8FN5O2/c12-8-1-2-9(7(5-8)6-14-16-13)17-10(11(18)19)3-4-15-17/h1-5H,6H2,(H,18,19). The number of carboxylic acid groups (broad SMARTS) is 1. The number of aromatic carboxylic acids is 1. The second-order valence-corrected chi connectivity index (χ2v) is 3.60. The van der Waals surface area contributed by atoms with Crippen LogP contribution in [0.5, 0.6) is 0 Å². The van der Waals surface area contributed by atoms with E-state index in [2.05, 4.69) is 15.1 Å². The molecule has 2 aromatic rings. The minimum Gasteiger partial charge on any atom is -0.477 e. The van der Waals surface area contributed by atoms with E-state index in [1.165, 1.54) is 30.5 Å². The van der Waals surface area contributed by atoms with Crippen molar-refractivity contribution in [3.8, 4) is 5.69 Å². The Morgan fingerprint density at radius 2 is 2.32 bits per heavy atom. The fourth-order valence-electron chi connectivity index (χ4n) is 1.65. The average molecular weight is 261 g/mol. The number of hydrogen-bond donors (Lipinski definition) is 1. The van der Waals surface area contributed by atoms with Crippen LogP contribution >= 0.6 is 0 Å². The maximum absolute atomic E-state index is 13.2. The van der Waals surface area contributed by atoms with Gasteiger partial charge in [-0.2, -0.15) is 5.10 Å². The molecule has 0 aliphatic heterocycles. The molecule has 1 heterocycles. The van der Waals surface area contributed by atoms with E-state index >= 15 is 0 Å². The number of nitrogens with zero attached hydrogens (tertiary/aromatic N) is 5. The summed E-state index contributed by atoms with van der Waals surface area (Å²) in [5.41, 5.74) is 8.96. The van der Waals surface area contributed by atoms with Gasteiger partial charge in [0, 0.05) is 4.91 Å². The molecule has 0 saturated heterocycles. The van der Waals surface area contributed by atoms with Crippen LogP contribution in [-0.2, 0) is 6.54 Å². The highest BCUT2D eigenvalue weighted by Crippen LogP contribution is 2.18. The molecule has 1 aromatic carbocycles. The largest absolute Gasteiger partial charge is 0.477 e. The summed E-state index contributed by atoms with van der Waals surface area (Å²) in [4.78, 5) is 13.6. The first kappa shape index (κ1) is 12.6. The first-order valence-electron chi connectivity index (χ1n) is 5.20. The fraction of sp³-hybridized carbons (Fsp3) is 0.0909. The van der Waals surface area contributed by atoms with Crippen molar-refractivity contribution in [2.75, 3.05) is 0 Å². The van der Waals surface area contributed by atoms with Crippen molar-refractivity contribution in [1.82, 2.24) is 9.78 Å². The number of halogens is 1. The molecule has 1 N–H and O–H groups in total. The Balaban J connectivity index is 2.57. The van der Waals surface area contributed by atoms with Gasteiger partial charge in [-0.25, -0.2) is 13.9 Å². The van der Waals surface area contributed by atoms with Crippen molar-refractivity contribution in [3.05, 3.63) is 58.0 Å². The lowest BCUT2D eigenvalue weighted by Gasteiger charge is -2.09. The van der Waals surface area contributed by atoms with Crippen LogP contribution in [0.25, 0.3) is 16.1 Å². The van der Waals surface area contributed by atoms with Gasteiger partial charge in [0.25, 0.3) is 0 Å². The summed E-state index contributed by atoms with van der Waals surface area (Å²) in [5.74, 6) is -1.66. The van der Waals surface area contributed by atoms with Gasteiger partial charge in [-0.15, -0.1) is 0 Å². The molecule has 19 heavy (non-hydrogen) atoms. The molecular formula is C11H8FN5O2. The van der Waals surface area contributed by atoms with Gasteiger partial charge >= 0.3 is 5.97 Å². The summed E-state index contributed by atoms with van der Waals surface area (Å²) in [6.45, 7) is -0.0947. The lowest BCUT2D eigenvalue weighted by molar-refractivity contribution is 0.0687. The van der Waals surface area contributed by atoms with Crippen molar-refractivity contribution in [2.45, 2.75) is 6.54 Å². The van der Waals surface area contributed by atoms with Gasteiger partial charge in [-0.1, -0.05) is 5.11 Å². The Morgan fingerprint density at radius 1 is 1.53 bits per heavy atom. The highest BCUT2D eigenvalue weighted by atomic mass is 19.1. The SMILES string of the molecule is [N-]=[N+]=NCc1cc(F)ccc1-n1nccc1C(=O)O. The second-order valence-electron chi connectivity index (χ2n) is 3.60. The van der Waals surface area contributed by atoms with Crippen LogP contribution in [-0.4, -0.2) is 20.9 Å². The molecule has 0 fully saturated rings. The van der Waals surface area contributed by atoms with E-state index in [4.69, 9.17) is 10.6 Å². The van der Waals surface area contributed by atoms with Crippen LogP contribution in [0.4, 0.5) is 4.39 Å². The molecule has 0 unspecified atom stereocenters. The van der Waals surface area contributed by atoms with E-state index in [-0.39, 0.29) is 12.2 Å². The number of azide groups is 1. The third-order valence-electron chi connectivity index (χ3n) is 2.44. The summed E-state index contributed by atoms with van der Waals surface area (Å²) < 4.78 is 14.4. The maximum Gasteiger partial charge on any atom is 0.354 e. The molecule has 0 atom stereocenters. The van der Waals surface area contributed by atoms with Crippen molar-refractivity contribution < 1.29 is 14.3 Å². The smallest absolute Gasteiger partial charge is 0.354 e. The monoisotopic (exact) mass is 261 g/mol. The third-order valence-corrected chi connectivity index (χ3v) is 2.44. The average Bonchev–Trinajstić information content (AvgIpc) is 2.85. The van der Waals surface area contributed by atoms with Crippen LogP contribution in [0.1, 0.15) is 16.1 Å². The molecular weight excluding hydrogens is 253 g/mol. The number of rotatable bonds is 4. The zero-order valence-corrected chi connectivity index (χ0v) is 9.56. The normalized spacial score (nSPS) is 9.95. The first-order valence-corrected chi connectivity index (χ1v) is 5.20. The zero-order valence-electron chi connectivity index (χ0n) is 9.56. The molecule has 96 valence electrons. The molecule has 8 heteroatoms. The van der Waals surface area contributed by atoms with Crippen LogP contribution in [0, 0.1) is 5.82 Å². The molecule has 0 spiro atoms. The zero-order chi connectivity index (χ0) is 13.8. The molecule has 2 rings (SSSR count). The van der Waals surface area contributed by atoms with Gasteiger partial charge in [0.1, 0.15) is 5.82 Å². The molecule has 1 aromatic heterocycles. The highest BCUT2D eigenvalue weighted by Gasteiger charge is 2.14.